The van der Waals surface area contributed by atoms with Crippen LogP contribution in [0.15, 0.2) is 12.1 Å². The highest BCUT2D eigenvalue weighted by Gasteiger charge is 2.72. The molecule has 0 amide bonds. The maximum absolute atomic E-state index is 13.0. The fourth-order valence-electron chi connectivity index (χ4n) is 4.86. The number of Topliss-reactive ketones (excluding diaryl/α,β-unsaturated/α-hetero) is 1. The molecule has 2 fully saturated rings. The summed E-state index contributed by atoms with van der Waals surface area (Å²) in [5, 5.41) is 5.33. The zero-order valence-electron chi connectivity index (χ0n) is 19.0. The van der Waals surface area contributed by atoms with Crippen molar-refractivity contribution in [2.75, 3.05) is 20.7 Å². The third-order valence-electron chi connectivity index (χ3n) is 5.91. The predicted octanol–water partition coefficient (Wildman–Crippen LogP) is 1.05. The highest BCUT2D eigenvalue weighted by Crippen LogP contribution is 2.64. The predicted molar refractivity (Wildman–Crippen MR) is 83.0 cm³/mol. The Morgan fingerprint density at radius 3 is 3.26 bits per heavy atom. The number of hydrogen-bond acceptors (Lipinski definition) is 5. The molecular formula is C18H21NO4. The molecule has 1 N–H and O–H groups in total. The summed E-state index contributed by atoms with van der Waals surface area (Å²) in [7, 11) is 3.02. The van der Waals surface area contributed by atoms with Crippen LogP contribution in [0.2, 0.25) is 0 Å². The van der Waals surface area contributed by atoms with Gasteiger partial charge in [-0.25, -0.2) is 0 Å². The van der Waals surface area contributed by atoms with E-state index in [9.17, 15) is 4.79 Å². The summed E-state index contributed by atoms with van der Waals surface area (Å²) in [6.45, 7) is 0.365. The van der Waals surface area contributed by atoms with Crippen LogP contribution in [-0.2, 0) is 16.6 Å². The topological polar surface area (TPSA) is 59.0 Å². The normalized spacial score (nSPS) is 49.7. The van der Waals surface area contributed by atoms with E-state index in [-0.39, 0.29) is 54.0 Å². The van der Waals surface area contributed by atoms with Crippen LogP contribution >= 0.6 is 0 Å². The number of ketones is 1. The van der Waals surface area contributed by atoms with Gasteiger partial charge in [0.1, 0.15) is 0 Å². The first-order chi connectivity index (χ1) is 13.5. The first-order valence-electron chi connectivity index (χ1n) is 10.7. The molecule has 2 aliphatic carbocycles. The molecule has 23 heavy (non-hydrogen) atoms. The molecule has 5 heteroatoms. The van der Waals surface area contributed by atoms with Crippen molar-refractivity contribution in [3.05, 3.63) is 23.2 Å². The van der Waals surface area contributed by atoms with E-state index in [2.05, 4.69) is 0 Å². The number of aliphatic hydroxyl groups is 1. The molecule has 2 heterocycles. The summed E-state index contributed by atoms with van der Waals surface area (Å²) in [6, 6.07) is -1.72. The largest absolute Gasteiger partial charge is 0.493 e. The van der Waals surface area contributed by atoms with Crippen molar-refractivity contribution in [1.82, 2.24) is 4.90 Å². The van der Waals surface area contributed by atoms with Crippen LogP contribution in [-0.4, -0.2) is 55.6 Å². The zero-order chi connectivity index (χ0) is 21.1. The van der Waals surface area contributed by atoms with Crippen LogP contribution in [0.1, 0.15) is 37.2 Å². The van der Waals surface area contributed by atoms with Gasteiger partial charge in [0.25, 0.3) is 0 Å². The summed E-state index contributed by atoms with van der Waals surface area (Å²) in [5.74, 6) is -0.607. The number of carbonyl (C=O) groups is 1. The second-order valence-corrected chi connectivity index (χ2v) is 6.79. The van der Waals surface area contributed by atoms with Gasteiger partial charge in [-0.2, -0.15) is 0 Å². The van der Waals surface area contributed by atoms with Gasteiger partial charge in [0.05, 0.1) is 22.2 Å². The SMILES string of the molecule is [2H]O[C@@]12CCC(=O)C3([2H])Oc4c(OC)c([2H])c([2H])c5c4[C@@]31CCN(C)[C@@H]2C5([2H])[2H]. The third kappa shape index (κ3) is 1.32. The first-order valence-corrected chi connectivity index (χ1v) is 7.84. The quantitative estimate of drug-likeness (QED) is 0.882. The Hall–Kier alpha value is -1.59. The van der Waals surface area contributed by atoms with Crippen LogP contribution in [0.25, 0.3) is 0 Å². The number of likely N-dealkylation sites (N-methyl/N-ethyl adjacent to an activating group) is 1. The van der Waals surface area contributed by atoms with Gasteiger partial charge in [0.2, 0.25) is 1.43 Å². The lowest BCUT2D eigenvalue weighted by atomic mass is 9.49. The Balaban J connectivity index is 2.03. The third-order valence-corrected chi connectivity index (χ3v) is 5.91. The summed E-state index contributed by atoms with van der Waals surface area (Å²) in [5.41, 5.74) is -2.84. The summed E-state index contributed by atoms with van der Waals surface area (Å²) in [4.78, 5) is 14.8. The van der Waals surface area contributed by atoms with E-state index in [0.29, 0.717) is 6.54 Å². The molecule has 2 bridgehead atoms. The Labute approximate surface area is 143 Å². The number of nitrogens with zero attached hydrogens (tertiary/aromatic N) is 1. The molecular weight excluding hydrogens is 294 g/mol. The van der Waals surface area contributed by atoms with Crippen LogP contribution in [0.3, 0.4) is 0 Å². The molecule has 122 valence electrons. The van der Waals surface area contributed by atoms with Crippen molar-refractivity contribution < 1.29 is 26.2 Å². The summed E-state index contributed by atoms with van der Waals surface area (Å²) < 4.78 is 63.3. The fraction of sp³-hybridized carbons (Fsp3) is 0.611. The molecule has 1 aromatic carbocycles. The minimum absolute atomic E-state index is 0.0398. The smallest absolute Gasteiger partial charge is 0.211 e. The molecule has 1 aromatic rings. The van der Waals surface area contributed by atoms with E-state index in [0.717, 1.165) is 0 Å². The maximum atomic E-state index is 13.0. The second-order valence-electron chi connectivity index (χ2n) is 6.79. The number of likely N-dealkylation sites (tertiary alicyclic amines) is 1. The van der Waals surface area contributed by atoms with Gasteiger partial charge in [0.15, 0.2) is 23.4 Å². The Kier molecular flexibility index (Phi) is 1.60. The molecule has 1 unspecified atom stereocenters. The number of piperidine rings is 1. The molecule has 4 atom stereocenters. The van der Waals surface area contributed by atoms with Gasteiger partial charge >= 0.3 is 0 Å². The van der Waals surface area contributed by atoms with Crippen molar-refractivity contribution in [2.24, 2.45) is 0 Å². The van der Waals surface area contributed by atoms with E-state index in [1.807, 2.05) is 0 Å². The molecule has 4 aliphatic rings. The number of carbonyl (C=O) groups excluding carboxylic acids is 1. The lowest BCUT2D eigenvalue weighted by molar-refractivity contribution is -0.185. The standard InChI is InChI=1S/C18H21NO4/c1-19-8-7-17-14-10-3-4-12(22-2)15(14)23-16(17)11(20)5-6-18(17,21)13(19)9-10/h3-4,13,16,21H,5-9H2,1-2H3/t13-,16?,17+,18-/m1/s1/i3D,4D,9D2,16D,21D. The van der Waals surface area contributed by atoms with Crippen molar-refractivity contribution in [1.29, 1.82) is 1.43 Å². The molecule has 5 nitrogen and oxygen atoms in total. The van der Waals surface area contributed by atoms with E-state index in [1.165, 1.54) is 7.11 Å². The summed E-state index contributed by atoms with van der Waals surface area (Å²) in [6.07, 6.45) is -4.09. The molecule has 1 spiro atoms. The first kappa shape index (κ1) is 9.04. The lowest BCUT2D eigenvalue weighted by Crippen LogP contribution is -2.76. The van der Waals surface area contributed by atoms with E-state index in [4.69, 9.17) is 22.9 Å². The number of benzene rings is 1. The van der Waals surface area contributed by atoms with E-state index < -0.39 is 35.3 Å². The van der Waals surface area contributed by atoms with E-state index >= 15 is 0 Å². The Morgan fingerprint density at radius 2 is 2.48 bits per heavy atom. The summed E-state index contributed by atoms with van der Waals surface area (Å²) >= 11 is 0. The number of hydrogen-bond donors (Lipinski definition) is 1. The van der Waals surface area contributed by atoms with Crippen molar-refractivity contribution in [3.8, 4) is 11.5 Å². The minimum Gasteiger partial charge on any atom is -0.493 e. The van der Waals surface area contributed by atoms with Gasteiger partial charge in [-0.15, -0.1) is 0 Å². The highest BCUT2D eigenvalue weighted by molar-refractivity contribution is 5.90. The van der Waals surface area contributed by atoms with Crippen LogP contribution < -0.4 is 9.47 Å². The monoisotopic (exact) mass is 321 g/mol. The number of ether oxygens (including phenoxy) is 2. The fourth-order valence-corrected chi connectivity index (χ4v) is 4.86. The molecule has 2 aliphatic heterocycles. The van der Waals surface area contributed by atoms with Gasteiger partial charge < -0.3 is 19.5 Å². The van der Waals surface area contributed by atoms with Crippen LogP contribution in [0.5, 0.6) is 11.5 Å². The molecule has 5 rings (SSSR count). The van der Waals surface area contributed by atoms with Gasteiger partial charge in [-0.1, -0.05) is 6.04 Å². The van der Waals surface area contributed by atoms with Crippen molar-refractivity contribution in [2.45, 2.75) is 48.8 Å². The Morgan fingerprint density at radius 1 is 1.61 bits per heavy atom. The number of methoxy groups -OCH3 is 1. The minimum atomic E-state index is -2.17. The number of rotatable bonds is 2. The van der Waals surface area contributed by atoms with Gasteiger partial charge in [-0.05, 0) is 44.4 Å². The average molecular weight is 321 g/mol. The zero-order valence-corrected chi connectivity index (χ0v) is 13.0. The molecule has 0 radical (unpaired) electrons. The Bertz CT molecular complexity index is 972. The molecule has 1 saturated heterocycles. The van der Waals surface area contributed by atoms with Crippen LogP contribution in [0.4, 0.5) is 0 Å². The lowest BCUT2D eigenvalue weighted by Gasteiger charge is -2.62. The van der Waals surface area contributed by atoms with Crippen molar-refractivity contribution >= 4 is 5.78 Å². The van der Waals surface area contributed by atoms with Crippen molar-refractivity contribution in [3.63, 3.8) is 0 Å². The second kappa shape index (κ2) is 4.08. The average Bonchev–Trinajstić information content (AvgIpc) is 2.93. The van der Waals surface area contributed by atoms with E-state index in [1.54, 1.807) is 11.9 Å². The van der Waals surface area contributed by atoms with Crippen LogP contribution in [0, 0.1) is 0 Å². The van der Waals surface area contributed by atoms with Gasteiger partial charge in [0, 0.05) is 20.8 Å². The van der Waals surface area contributed by atoms with Gasteiger partial charge in [-0.3, -0.25) is 4.79 Å². The highest BCUT2D eigenvalue weighted by atomic mass is 16.5. The molecule has 0 aromatic heterocycles. The maximum Gasteiger partial charge on any atom is 0.211 e. The molecule has 1 saturated carbocycles.